The number of hydrogen-bond acceptors (Lipinski definition) is 2. The Balaban J connectivity index is 2.50. The lowest BCUT2D eigenvalue weighted by molar-refractivity contribution is 1.01. The van der Waals surface area contributed by atoms with Gasteiger partial charge in [-0.3, -0.25) is 4.98 Å². The Labute approximate surface area is 66.8 Å². The van der Waals surface area contributed by atoms with Gasteiger partial charge in [-0.15, -0.1) is 0 Å². The molecule has 11 heavy (non-hydrogen) atoms. The highest BCUT2D eigenvalue weighted by Crippen LogP contribution is 1.98. The van der Waals surface area contributed by atoms with E-state index in [0.29, 0.717) is 6.54 Å². The number of aromatic nitrogens is 1. The van der Waals surface area contributed by atoms with Gasteiger partial charge in [0.2, 0.25) is 0 Å². The zero-order valence-corrected chi connectivity index (χ0v) is 6.40. The van der Waals surface area contributed by atoms with E-state index in [-0.39, 0.29) is 0 Å². The molecule has 0 aromatic carbocycles. The van der Waals surface area contributed by atoms with E-state index in [4.69, 9.17) is 5.73 Å². The molecule has 2 nitrogen and oxygen atoms in total. The van der Waals surface area contributed by atoms with Crippen LogP contribution >= 0.6 is 0 Å². The Bertz CT molecular complexity index is 216. The molecule has 0 amide bonds. The number of hydrogen-bond donors (Lipinski definition) is 1. The molecule has 0 aliphatic heterocycles. The van der Waals surface area contributed by atoms with Crippen LogP contribution in [0.1, 0.15) is 12.0 Å². The summed E-state index contributed by atoms with van der Waals surface area (Å²) in [5.74, 6) is 0. The van der Waals surface area contributed by atoms with E-state index in [9.17, 15) is 0 Å². The summed E-state index contributed by atoms with van der Waals surface area (Å²) in [5.41, 5.74) is 6.45. The molecule has 0 unspecified atom stereocenters. The Morgan fingerprint density at radius 1 is 1.55 bits per heavy atom. The Morgan fingerprint density at radius 2 is 2.45 bits per heavy atom. The SMILES string of the molecule is NCC/C=C\c1cccnc1. The van der Waals surface area contributed by atoms with Crippen molar-refractivity contribution in [2.75, 3.05) is 6.54 Å². The summed E-state index contributed by atoms with van der Waals surface area (Å²) < 4.78 is 0. The minimum atomic E-state index is 0.705. The molecule has 0 saturated carbocycles. The zero-order chi connectivity index (χ0) is 7.94. The van der Waals surface area contributed by atoms with E-state index < -0.39 is 0 Å². The van der Waals surface area contributed by atoms with Gasteiger partial charge >= 0.3 is 0 Å². The van der Waals surface area contributed by atoms with Gasteiger partial charge in [-0.2, -0.15) is 0 Å². The van der Waals surface area contributed by atoms with Crippen LogP contribution in [0.3, 0.4) is 0 Å². The number of nitrogens with two attached hydrogens (primary N) is 1. The first kappa shape index (κ1) is 7.95. The standard InChI is InChI=1S/C9H12N2/c10-6-2-1-4-9-5-3-7-11-8-9/h1,3-5,7-8H,2,6,10H2/b4-1-. The largest absolute Gasteiger partial charge is 0.330 e. The fourth-order valence-corrected chi connectivity index (χ4v) is 0.790. The van der Waals surface area contributed by atoms with Crippen LogP contribution < -0.4 is 5.73 Å². The molecule has 1 aromatic heterocycles. The third kappa shape index (κ3) is 2.96. The van der Waals surface area contributed by atoms with Gasteiger partial charge in [0.05, 0.1) is 0 Å². The van der Waals surface area contributed by atoms with E-state index in [2.05, 4.69) is 11.1 Å². The van der Waals surface area contributed by atoms with Gasteiger partial charge in [-0.05, 0) is 24.6 Å². The summed E-state index contributed by atoms with van der Waals surface area (Å²) in [5, 5.41) is 0. The van der Waals surface area contributed by atoms with E-state index in [1.807, 2.05) is 24.4 Å². The fraction of sp³-hybridized carbons (Fsp3) is 0.222. The number of rotatable bonds is 3. The predicted molar refractivity (Wildman–Crippen MR) is 46.9 cm³/mol. The van der Waals surface area contributed by atoms with Crippen LogP contribution in [-0.2, 0) is 0 Å². The molecule has 0 saturated heterocycles. The molecule has 0 fully saturated rings. The van der Waals surface area contributed by atoms with Crippen LogP contribution in [0.25, 0.3) is 6.08 Å². The summed E-state index contributed by atoms with van der Waals surface area (Å²) in [6.45, 7) is 0.705. The second-order valence-electron chi connectivity index (χ2n) is 2.27. The first-order valence-electron chi connectivity index (χ1n) is 3.70. The predicted octanol–water partition coefficient (Wildman–Crippen LogP) is 1.44. The molecule has 0 radical (unpaired) electrons. The van der Waals surface area contributed by atoms with Crippen molar-refractivity contribution in [1.82, 2.24) is 4.98 Å². The van der Waals surface area contributed by atoms with Crippen molar-refractivity contribution in [1.29, 1.82) is 0 Å². The molecule has 0 bridgehead atoms. The van der Waals surface area contributed by atoms with E-state index in [1.54, 1.807) is 6.20 Å². The Kier molecular flexibility index (Phi) is 3.35. The molecule has 2 heteroatoms. The Morgan fingerprint density at radius 3 is 3.09 bits per heavy atom. The second kappa shape index (κ2) is 4.63. The van der Waals surface area contributed by atoms with Gasteiger partial charge in [0.15, 0.2) is 0 Å². The highest BCUT2D eigenvalue weighted by molar-refractivity contribution is 5.47. The molecule has 1 heterocycles. The van der Waals surface area contributed by atoms with Gasteiger partial charge in [0, 0.05) is 12.4 Å². The maximum Gasteiger partial charge on any atom is 0.0340 e. The van der Waals surface area contributed by atoms with Crippen molar-refractivity contribution in [3.63, 3.8) is 0 Å². The smallest absolute Gasteiger partial charge is 0.0340 e. The van der Waals surface area contributed by atoms with Crippen molar-refractivity contribution in [3.05, 3.63) is 36.2 Å². The summed E-state index contributed by atoms with van der Waals surface area (Å²) >= 11 is 0. The summed E-state index contributed by atoms with van der Waals surface area (Å²) in [6, 6.07) is 3.93. The summed E-state index contributed by atoms with van der Waals surface area (Å²) in [4.78, 5) is 3.98. The highest BCUT2D eigenvalue weighted by atomic mass is 14.6. The lowest BCUT2D eigenvalue weighted by Gasteiger charge is -1.89. The molecule has 58 valence electrons. The molecular weight excluding hydrogens is 136 g/mol. The number of pyridine rings is 1. The zero-order valence-electron chi connectivity index (χ0n) is 6.40. The molecule has 0 atom stereocenters. The molecular formula is C9H12N2. The first-order valence-corrected chi connectivity index (χ1v) is 3.70. The van der Waals surface area contributed by atoms with Gasteiger partial charge in [-0.25, -0.2) is 0 Å². The first-order chi connectivity index (χ1) is 5.43. The van der Waals surface area contributed by atoms with Crippen molar-refractivity contribution in [2.24, 2.45) is 5.73 Å². The Hall–Kier alpha value is -1.15. The van der Waals surface area contributed by atoms with Crippen molar-refractivity contribution < 1.29 is 0 Å². The van der Waals surface area contributed by atoms with Gasteiger partial charge in [0.25, 0.3) is 0 Å². The molecule has 0 aliphatic rings. The van der Waals surface area contributed by atoms with Gasteiger partial charge in [-0.1, -0.05) is 18.2 Å². The lowest BCUT2D eigenvalue weighted by atomic mass is 10.2. The second-order valence-corrected chi connectivity index (χ2v) is 2.27. The third-order valence-electron chi connectivity index (χ3n) is 1.33. The highest BCUT2D eigenvalue weighted by Gasteiger charge is 1.81. The van der Waals surface area contributed by atoms with Gasteiger partial charge in [0.1, 0.15) is 0 Å². The normalized spacial score (nSPS) is 10.6. The molecule has 2 N–H and O–H groups in total. The quantitative estimate of drug-likeness (QED) is 0.704. The summed E-state index contributed by atoms with van der Waals surface area (Å²) in [7, 11) is 0. The molecule has 1 rings (SSSR count). The minimum Gasteiger partial charge on any atom is -0.330 e. The summed E-state index contributed by atoms with van der Waals surface area (Å²) in [6.07, 6.45) is 8.60. The van der Waals surface area contributed by atoms with Gasteiger partial charge < -0.3 is 5.73 Å². The van der Waals surface area contributed by atoms with E-state index >= 15 is 0 Å². The minimum absolute atomic E-state index is 0.705. The van der Waals surface area contributed by atoms with Crippen LogP contribution in [0, 0.1) is 0 Å². The third-order valence-corrected chi connectivity index (χ3v) is 1.33. The maximum absolute atomic E-state index is 5.33. The van der Waals surface area contributed by atoms with Crippen molar-refractivity contribution in [3.8, 4) is 0 Å². The van der Waals surface area contributed by atoms with Crippen LogP contribution in [0.4, 0.5) is 0 Å². The van der Waals surface area contributed by atoms with E-state index in [1.165, 1.54) is 0 Å². The van der Waals surface area contributed by atoms with Crippen molar-refractivity contribution in [2.45, 2.75) is 6.42 Å². The molecule has 0 aliphatic carbocycles. The average molecular weight is 148 g/mol. The van der Waals surface area contributed by atoms with Crippen LogP contribution in [0.5, 0.6) is 0 Å². The van der Waals surface area contributed by atoms with Crippen molar-refractivity contribution >= 4 is 6.08 Å². The lowest BCUT2D eigenvalue weighted by Crippen LogP contribution is -1.94. The number of nitrogens with zero attached hydrogens (tertiary/aromatic N) is 1. The van der Waals surface area contributed by atoms with Crippen LogP contribution in [0.15, 0.2) is 30.6 Å². The van der Waals surface area contributed by atoms with Crippen LogP contribution in [-0.4, -0.2) is 11.5 Å². The molecule has 1 aromatic rings. The topological polar surface area (TPSA) is 38.9 Å². The maximum atomic E-state index is 5.33. The average Bonchev–Trinajstić information content (AvgIpc) is 2.07. The van der Waals surface area contributed by atoms with E-state index in [0.717, 1.165) is 12.0 Å². The molecule has 0 spiro atoms. The fourth-order valence-electron chi connectivity index (χ4n) is 0.790. The van der Waals surface area contributed by atoms with Crippen LogP contribution in [0.2, 0.25) is 0 Å². The monoisotopic (exact) mass is 148 g/mol.